The fourth-order valence-electron chi connectivity index (χ4n) is 3.25. The van der Waals surface area contributed by atoms with Gasteiger partial charge in [0.1, 0.15) is 34.9 Å². The minimum absolute atomic E-state index is 0.161. The molecule has 0 fully saturated rings. The molecule has 0 spiro atoms. The van der Waals surface area contributed by atoms with Crippen LogP contribution in [0.3, 0.4) is 0 Å². The lowest BCUT2D eigenvalue weighted by molar-refractivity contribution is 0.975. The van der Waals surface area contributed by atoms with Crippen molar-refractivity contribution in [2.75, 3.05) is 0 Å². The fourth-order valence-corrected chi connectivity index (χ4v) is 3.76. The Morgan fingerprint density at radius 2 is 1.12 bits per heavy atom. The Hall–Kier alpha value is -4.17. The smallest absolute Gasteiger partial charge is 0.225 e. The van der Waals surface area contributed by atoms with E-state index in [2.05, 4.69) is 44.9 Å². The molecule has 40 heavy (non-hydrogen) atoms. The Kier molecular flexibility index (Phi) is 10.8. The highest BCUT2D eigenvalue weighted by atomic mass is 35.5. The number of aryl methyl sites for hydroxylation is 5. The summed E-state index contributed by atoms with van der Waals surface area (Å²) in [5.41, 5.74) is 5.71. The highest BCUT2D eigenvalue weighted by Gasteiger charge is 2.08. The summed E-state index contributed by atoms with van der Waals surface area (Å²) in [4.78, 5) is 36.5. The number of halogens is 3. The predicted octanol–water partition coefficient (Wildman–Crippen LogP) is 6.32. The first kappa shape index (κ1) is 30.4. The summed E-state index contributed by atoms with van der Waals surface area (Å²) in [7, 11) is 0. The van der Waals surface area contributed by atoms with Crippen molar-refractivity contribution in [2.45, 2.75) is 34.6 Å². The molecule has 0 aromatic carbocycles. The van der Waals surface area contributed by atoms with Crippen molar-refractivity contribution in [3.63, 3.8) is 0 Å². The van der Waals surface area contributed by atoms with Crippen LogP contribution in [0.2, 0.25) is 15.6 Å². The van der Waals surface area contributed by atoms with E-state index in [4.69, 9.17) is 40.1 Å². The number of nitriles is 1. The van der Waals surface area contributed by atoms with Gasteiger partial charge in [-0.15, -0.1) is 0 Å². The molecule has 5 aromatic heterocycles. The van der Waals surface area contributed by atoms with Gasteiger partial charge in [0.15, 0.2) is 11.6 Å². The molecule has 0 amide bonds. The van der Waals surface area contributed by atoms with E-state index in [-0.39, 0.29) is 5.28 Å². The molecule has 0 aliphatic carbocycles. The number of nitrogens with zero attached hydrogens (tertiary/aromatic N) is 10. The molecule has 202 valence electrons. The van der Waals surface area contributed by atoms with Crippen LogP contribution in [0.4, 0.5) is 0 Å². The Morgan fingerprint density at radius 3 is 1.68 bits per heavy atom. The normalized spacial score (nSPS) is 9.97. The van der Waals surface area contributed by atoms with E-state index in [1.165, 1.54) is 12.7 Å². The number of aromatic nitrogens is 9. The average Bonchev–Trinajstić information content (AvgIpc) is 2.89. The lowest BCUT2D eigenvalue weighted by Crippen LogP contribution is -1.97. The lowest BCUT2D eigenvalue weighted by Gasteiger charge is -2.04. The average molecular weight is 594 g/mol. The maximum absolute atomic E-state index is 8.48. The van der Waals surface area contributed by atoms with Gasteiger partial charge in [-0.1, -0.05) is 23.2 Å². The predicted molar refractivity (Wildman–Crippen MR) is 154 cm³/mol. The first-order valence-electron chi connectivity index (χ1n) is 11.7. The first-order valence-corrected chi connectivity index (χ1v) is 12.8. The van der Waals surface area contributed by atoms with Gasteiger partial charge in [-0.05, 0) is 82.6 Å². The Balaban J connectivity index is 0.000000169. The van der Waals surface area contributed by atoms with Crippen LogP contribution in [0.1, 0.15) is 34.2 Å². The fraction of sp³-hybridized carbons (Fsp3) is 0.185. The van der Waals surface area contributed by atoms with Crippen molar-refractivity contribution in [3.8, 4) is 28.8 Å². The zero-order valence-electron chi connectivity index (χ0n) is 22.2. The van der Waals surface area contributed by atoms with Crippen LogP contribution >= 0.6 is 34.8 Å². The Bertz CT molecular complexity index is 1580. The third kappa shape index (κ3) is 8.68. The molecule has 5 rings (SSSR count). The molecule has 10 nitrogen and oxygen atoms in total. The second-order valence-electron chi connectivity index (χ2n) is 8.17. The van der Waals surface area contributed by atoms with Gasteiger partial charge < -0.3 is 0 Å². The molecular formula is C27H23Cl3N10. The van der Waals surface area contributed by atoms with Crippen LogP contribution in [0, 0.1) is 45.9 Å². The third-order valence-electron chi connectivity index (χ3n) is 5.17. The van der Waals surface area contributed by atoms with E-state index in [0.29, 0.717) is 33.2 Å². The minimum Gasteiger partial charge on any atom is -0.258 e. The Morgan fingerprint density at radius 1 is 0.575 bits per heavy atom. The van der Waals surface area contributed by atoms with Gasteiger partial charge in [0.2, 0.25) is 5.28 Å². The molecule has 5 aromatic rings. The van der Waals surface area contributed by atoms with Gasteiger partial charge >= 0.3 is 0 Å². The lowest BCUT2D eigenvalue weighted by atomic mass is 10.2. The van der Waals surface area contributed by atoms with Crippen LogP contribution in [-0.4, -0.2) is 44.9 Å². The highest BCUT2D eigenvalue weighted by Crippen LogP contribution is 2.20. The van der Waals surface area contributed by atoms with Gasteiger partial charge in [-0.3, -0.25) is 4.98 Å². The van der Waals surface area contributed by atoms with Crippen molar-refractivity contribution >= 4 is 34.8 Å². The second kappa shape index (κ2) is 14.3. The van der Waals surface area contributed by atoms with Crippen LogP contribution in [0.5, 0.6) is 0 Å². The second-order valence-corrected chi connectivity index (χ2v) is 9.28. The molecule has 0 unspecified atom stereocenters. The summed E-state index contributed by atoms with van der Waals surface area (Å²) in [6, 6.07) is 12.7. The van der Waals surface area contributed by atoms with E-state index in [9.17, 15) is 0 Å². The zero-order valence-corrected chi connectivity index (χ0v) is 24.5. The molecule has 0 saturated carbocycles. The summed E-state index contributed by atoms with van der Waals surface area (Å²) in [6.45, 7) is 9.36. The van der Waals surface area contributed by atoms with E-state index in [0.717, 1.165) is 34.0 Å². The van der Waals surface area contributed by atoms with E-state index >= 15 is 0 Å². The summed E-state index contributed by atoms with van der Waals surface area (Å²) in [6.07, 6.45) is 2.88. The Labute approximate surface area is 246 Å². The number of hydrogen-bond donors (Lipinski definition) is 0. The molecule has 5 heterocycles. The molecule has 0 atom stereocenters. The van der Waals surface area contributed by atoms with Crippen molar-refractivity contribution in [1.82, 2.24) is 44.9 Å². The number of pyridine rings is 3. The molecule has 0 aliphatic rings. The maximum atomic E-state index is 8.48. The van der Waals surface area contributed by atoms with Crippen molar-refractivity contribution in [2.24, 2.45) is 0 Å². The maximum Gasteiger partial charge on any atom is 0.225 e. The van der Waals surface area contributed by atoms with Gasteiger partial charge in [0, 0.05) is 22.5 Å². The molecular weight excluding hydrogens is 571 g/mol. The summed E-state index contributed by atoms with van der Waals surface area (Å²) >= 11 is 17.0. The third-order valence-corrected chi connectivity index (χ3v) is 5.77. The molecule has 13 heteroatoms. The molecule has 0 radical (unpaired) electrons. The van der Waals surface area contributed by atoms with Crippen molar-refractivity contribution in [3.05, 3.63) is 98.8 Å². The quantitative estimate of drug-likeness (QED) is 0.213. The molecule has 0 bridgehead atoms. The van der Waals surface area contributed by atoms with E-state index < -0.39 is 0 Å². The molecule has 0 aliphatic heterocycles. The van der Waals surface area contributed by atoms with Gasteiger partial charge in [-0.25, -0.2) is 34.9 Å². The number of rotatable bonds is 2. The van der Waals surface area contributed by atoms with Crippen LogP contribution in [0.15, 0.2) is 49.1 Å². The zero-order chi connectivity index (χ0) is 29.2. The SMILES string of the molecule is Cc1ccc(-c2ncnc(C)n2)c(C)n1.Cc1nc(Cl)ccc1-c1ncnc(Cl)n1.Cc1nc(Cl)ccc1C#N. The van der Waals surface area contributed by atoms with Crippen molar-refractivity contribution in [1.29, 1.82) is 5.26 Å². The van der Waals surface area contributed by atoms with Gasteiger partial charge in [0.25, 0.3) is 0 Å². The van der Waals surface area contributed by atoms with Crippen molar-refractivity contribution < 1.29 is 0 Å². The number of hydrogen-bond acceptors (Lipinski definition) is 10. The minimum atomic E-state index is 0.161. The van der Waals surface area contributed by atoms with Crippen LogP contribution in [0.25, 0.3) is 22.8 Å². The van der Waals surface area contributed by atoms with Crippen LogP contribution < -0.4 is 0 Å². The summed E-state index contributed by atoms with van der Waals surface area (Å²) < 4.78 is 0. The van der Waals surface area contributed by atoms with Gasteiger partial charge in [0.05, 0.1) is 17.0 Å². The van der Waals surface area contributed by atoms with E-state index in [1.807, 2.05) is 45.9 Å². The topological polar surface area (TPSA) is 140 Å². The molecule has 0 N–H and O–H groups in total. The van der Waals surface area contributed by atoms with Gasteiger partial charge in [-0.2, -0.15) is 10.2 Å². The van der Waals surface area contributed by atoms with E-state index in [1.54, 1.807) is 31.2 Å². The van der Waals surface area contributed by atoms with Crippen LogP contribution in [-0.2, 0) is 0 Å². The summed E-state index contributed by atoms with van der Waals surface area (Å²) in [5, 5.41) is 9.51. The first-order chi connectivity index (χ1) is 19.1. The monoisotopic (exact) mass is 592 g/mol. The molecule has 0 saturated heterocycles. The summed E-state index contributed by atoms with van der Waals surface area (Å²) in [5.74, 6) is 1.91. The highest BCUT2D eigenvalue weighted by molar-refractivity contribution is 6.29. The largest absolute Gasteiger partial charge is 0.258 e. The standard InChI is InChI=1S/C11H12N4.C9H6Cl2N4.C7H5ClN2/c1-7-4-5-10(8(2)14-7)11-13-6-12-9(3)15-11;1-5-6(2-3-7(10)14-5)8-12-4-13-9(11)15-8;1-5-6(4-9)2-3-7(8)10-5/h4-6H,1-3H3;2-4H,1H3;2-3H,1H3.